The molecule has 1 atom stereocenters. The fraction of sp³-hybridized carbons (Fsp3) is 0.444. The predicted molar refractivity (Wildman–Crippen MR) is 56.6 cm³/mol. The molecule has 1 aliphatic rings. The molecule has 0 spiro atoms. The minimum Gasteiger partial charge on any atom is -0.444 e. The Hall–Kier alpha value is -0.480. The number of furan rings is 1. The first-order valence-electron chi connectivity index (χ1n) is 4.35. The van der Waals surface area contributed by atoms with Gasteiger partial charge in [0.25, 0.3) is 5.91 Å². The van der Waals surface area contributed by atoms with Gasteiger partial charge in [-0.05, 0) is 34.5 Å². The minimum atomic E-state index is -0.0844. The first kappa shape index (κ1) is 10.1. The number of alkyl halides is 1. The van der Waals surface area contributed by atoms with Crippen molar-refractivity contribution < 1.29 is 9.21 Å². The third-order valence-electron chi connectivity index (χ3n) is 2.20. The van der Waals surface area contributed by atoms with E-state index in [0.717, 1.165) is 6.42 Å². The molecule has 1 aromatic rings. The van der Waals surface area contributed by atoms with E-state index in [0.29, 0.717) is 23.5 Å². The van der Waals surface area contributed by atoms with Crippen LogP contribution in [0, 0.1) is 0 Å². The summed E-state index contributed by atoms with van der Waals surface area (Å²) >= 11 is 9.07. The van der Waals surface area contributed by atoms with Crippen molar-refractivity contribution in [3.63, 3.8) is 0 Å². The van der Waals surface area contributed by atoms with Crippen LogP contribution in [0.15, 0.2) is 21.2 Å². The minimum absolute atomic E-state index is 0.0809. The summed E-state index contributed by atoms with van der Waals surface area (Å²) in [5.41, 5.74) is 0. The Labute approximate surface area is 95.1 Å². The van der Waals surface area contributed by atoms with Crippen LogP contribution >= 0.6 is 27.5 Å². The monoisotopic (exact) mass is 277 g/mol. The van der Waals surface area contributed by atoms with Gasteiger partial charge in [0.1, 0.15) is 0 Å². The third-order valence-corrected chi connectivity index (χ3v) is 2.98. The molecule has 5 heteroatoms. The van der Waals surface area contributed by atoms with Gasteiger partial charge in [-0.3, -0.25) is 4.79 Å². The highest BCUT2D eigenvalue weighted by Gasteiger charge is 2.27. The normalized spacial score (nSPS) is 21.6. The van der Waals surface area contributed by atoms with Crippen LogP contribution in [0.25, 0.3) is 0 Å². The Morgan fingerprint density at radius 3 is 2.93 bits per heavy atom. The lowest BCUT2D eigenvalue weighted by atomic mass is 10.4. The molecule has 1 amide bonds. The first-order valence-corrected chi connectivity index (χ1v) is 5.58. The summed E-state index contributed by atoms with van der Waals surface area (Å²) in [7, 11) is 0. The van der Waals surface area contributed by atoms with Gasteiger partial charge in [0.15, 0.2) is 10.4 Å². The molecular weight excluding hydrogens is 269 g/mol. The summed E-state index contributed by atoms with van der Waals surface area (Å²) in [6.07, 6.45) is 0.856. The van der Waals surface area contributed by atoms with E-state index in [9.17, 15) is 4.79 Å². The second-order valence-corrected chi connectivity index (χ2v) is 4.64. The van der Waals surface area contributed by atoms with Crippen molar-refractivity contribution in [1.82, 2.24) is 4.90 Å². The molecule has 0 aliphatic carbocycles. The van der Waals surface area contributed by atoms with Crippen molar-refractivity contribution in [2.45, 2.75) is 11.8 Å². The van der Waals surface area contributed by atoms with Gasteiger partial charge >= 0.3 is 0 Å². The Balaban J connectivity index is 2.09. The largest absolute Gasteiger partial charge is 0.444 e. The number of nitrogens with zero attached hydrogens (tertiary/aromatic N) is 1. The maximum atomic E-state index is 11.8. The number of likely N-dealkylation sites (tertiary alicyclic amines) is 1. The summed E-state index contributed by atoms with van der Waals surface area (Å²) in [4.78, 5) is 13.5. The Morgan fingerprint density at radius 2 is 2.43 bits per heavy atom. The zero-order valence-corrected chi connectivity index (χ0v) is 9.71. The molecule has 0 radical (unpaired) electrons. The summed E-state index contributed by atoms with van der Waals surface area (Å²) in [5, 5.41) is 0.0809. The average molecular weight is 279 g/mol. The molecule has 1 fully saturated rings. The third kappa shape index (κ3) is 1.96. The summed E-state index contributed by atoms with van der Waals surface area (Å²) < 4.78 is 5.75. The number of halogens is 2. The standard InChI is InChI=1S/C9H9BrClNO2/c10-8-2-1-7(14-8)9(13)12-4-3-6(11)5-12/h1-2,6H,3-5H2. The van der Waals surface area contributed by atoms with Gasteiger partial charge in [-0.15, -0.1) is 11.6 Å². The zero-order valence-electron chi connectivity index (χ0n) is 7.37. The molecular formula is C9H9BrClNO2. The topological polar surface area (TPSA) is 33.5 Å². The number of rotatable bonds is 1. The molecule has 1 saturated heterocycles. The van der Waals surface area contributed by atoms with Gasteiger partial charge in [0, 0.05) is 13.1 Å². The fourth-order valence-corrected chi connectivity index (χ4v) is 2.06. The van der Waals surface area contributed by atoms with Crippen LogP contribution in [0.3, 0.4) is 0 Å². The lowest BCUT2D eigenvalue weighted by Crippen LogP contribution is -2.28. The number of carbonyl (C=O) groups is 1. The smallest absolute Gasteiger partial charge is 0.289 e. The summed E-state index contributed by atoms with van der Waals surface area (Å²) in [6.45, 7) is 1.32. The van der Waals surface area contributed by atoms with Gasteiger partial charge in [-0.2, -0.15) is 0 Å². The Kier molecular flexibility index (Phi) is 2.83. The molecule has 1 unspecified atom stereocenters. The SMILES string of the molecule is O=C(c1ccc(Br)o1)N1CCC(Cl)C1. The summed E-state index contributed by atoms with van der Waals surface area (Å²) in [6, 6.07) is 3.37. The highest BCUT2D eigenvalue weighted by Crippen LogP contribution is 2.20. The maximum absolute atomic E-state index is 11.8. The van der Waals surface area contributed by atoms with E-state index in [-0.39, 0.29) is 11.3 Å². The lowest BCUT2D eigenvalue weighted by molar-refractivity contribution is 0.0760. The van der Waals surface area contributed by atoms with E-state index in [1.807, 2.05) is 0 Å². The van der Waals surface area contributed by atoms with Crippen LogP contribution in [0.4, 0.5) is 0 Å². The lowest BCUT2D eigenvalue weighted by Gasteiger charge is -2.12. The number of hydrogen-bond acceptors (Lipinski definition) is 2. The van der Waals surface area contributed by atoms with Gasteiger partial charge in [-0.1, -0.05) is 0 Å². The highest BCUT2D eigenvalue weighted by atomic mass is 79.9. The van der Waals surface area contributed by atoms with Crippen LogP contribution < -0.4 is 0 Å². The molecule has 3 nitrogen and oxygen atoms in total. The van der Waals surface area contributed by atoms with Gasteiger partial charge in [-0.25, -0.2) is 0 Å². The maximum Gasteiger partial charge on any atom is 0.289 e. The van der Waals surface area contributed by atoms with Crippen molar-refractivity contribution in [3.8, 4) is 0 Å². The van der Waals surface area contributed by atoms with E-state index < -0.39 is 0 Å². The van der Waals surface area contributed by atoms with Gasteiger partial charge in [0.2, 0.25) is 0 Å². The second-order valence-electron chi connectivity index (χ2n) is 3.24. The van der Waals surface area contributed by atoms with Crippen LogP contribution in [0.5, 0.6) is 0 Å². The molecule has 0 bridgehead atoms. The predicted octanol–water partition coefficient (Wildman–Crippen LogP) is 2.50. The molecule has 2 rings (SSSR count). The second kappa shape index (κ2) is 3.95. The van der Waals surface area contributed by atoms with Crippen LogP contribution in [0.2, 0.25) is 0 Å². The van der Waals surface area contributed by atoms with E-state index in [4.69, 9.17) is 16.0 Å². The Morgan fingerprint density at radius 1 is 1.64 bits per heavy atom. The van der Waals surface area contributed by atoms with E-state index in [1.165, 1.54) is 0 Å². The van der Waals surface area contributed by atoms with Crippen LogP contribution in [-0.4, -0.2) is 29.3 Å². The fourth-order valence-electron chi connectivity index (χ4n) is 1.49. The van der Waals surface area contributed by atoms with Gasteiger partial charge in [0.05, 0.1) is 5.38 Å². The molecule has 76 valence electrons. The first-order chi connectivity index (χ1) is 6.66. The molecule has 0 aromatic carbocycles. The molecule has 14 heavy (non-hydrogen) atoms. The quantitative estimate of drug-likeness (QED) is 0.740. The van der Waals surface area contributed by atoms with Crippen LogP contribution in [-0.2, 0) is 0 Å². The van der Waals surface area contributed by atoms with Crippen LogP contribution in [0.1, 0.15) is 17.0 Å². The molecule has 1 aromatic heterocycles. The molecule has 2 heterocycles. The van der Waals surface area contributed by atoms with Gasteiger partial charge < -0.3 is 9.32 Å². The number of carbonyl (C=O) groups excluding carboxylic acids is 1. The zero-order chi connectivity index (χ0) is 10.1. The summed E-state index contributed by atoms with van der Waals surface area (Å²) in [5.74, 6) is 0.279. The average Bonchev–Trinajstić information content (AvgIpc) is 2.73. The molecule has 1 aliphatic heterocycles. The number of amides is 1. The molecule has 0 N–H and O–H groups in total. The van der Waals surface area contributed by atoms with Crippen molar-refractivity contribution >= 4 is 33.4 Å². The molecule has 0 saturated carbocycles. The van der Waals surface area contributed by atoms with Crippen molar-refractivity contribution in [2.24, 2.45) is 0 Å². The Bertz CT molecular complexity index is 352. The highest BCUT2D eigenvalue weighted by molar-refractivity contribution is 9.10. The van der Waals surface area contributed by atoms with Crippen molar-refractivity contribution in [1.29, 1.82) is 0 Å². The van der Waals surface area contributed by atoms with E-state index in [1.54, 1.807) is 17.0 Å². The van der Waals surface area contributed by atoms with Crippen molar-refractivity contribution in [2.75, 3.05) is 13.1 Å². The van der Waals surface area contributed by atoms with Crippen molar-refractivity contribution in [3.05, 3.63) is 22.6 Å². The van der Waals surface area contributed by atoms with E-state index >= 15 is 0 Å². The van der Waals surface area contributed by atoms with E-state index in [2.05, 4.69) is 15.9 Å². The number of hydrogen-bond donors (Lipinski definition) is 0.